The number of nitro benzene ring substituents is 2. The van der Waals surface area contributed by atoms with Gasteiger partial charge in [-0.25, -0.2) is 8.42 Å². The van der Waals surface area contributed by atoms with Crippen LogP contribution in [0.1, 0.15) is 0 Å². The fourth-order valence-corrected chi connectivity index (χ4v) is 2.88. The molecule has 2 rings (SSSR count). The normalized spacial score (nSPS) is 15.3. The van der Waals surface area contributed by atoms with E-state index in [4.69, 9.17) is 0 Å². The van der Waals surface area contributed by atoms with Gasteiger partial charge in [0.2, 0.25) is 10.0 Å². The van der Waals surface area contributed by atoms with Crippen LogP contribution >= 0.6 is 0 Å². The maximum Gasteiger partial charge on any atom is 0.296 e. The van der Waals surface area contributed by atoms with Crippen LogP contribution in [0.4, 0.5) is 11.4 Å². The predicted molar refractivity (Wildman–Crippen MR) is 58.5 cm³/mol. The topological polar surface area (TPSA) is 123 Å². The monoisotopic (exact) mass is 273 g/mol. The van der Waals surface area contributed by atoms with E-state index in [1.54, 1.807) is 0 Å². The van der Waals surface area contributed by atoms with Crippen LogP contribution in [0.2, 0.25) is 0 Å². The van der Waals surface area contributed by atoms with E-state index in [2.05, 4.69) is 0 Å². The van der Waals surface area contributed by atoms with Crippen molar-refractivity contribution < 1.29 is 18.3 Å². The Kier molecular flexibility index (Phi) is 2.75. The SMILES string of the molecule is O=[N+]([O-])c1ccc(S(=O)(=O)N2CC2)c([N+](=O)[O-])c1. The maximum absolute atomic E-state index is 11.9. The van der Waals surface area contributed by atoms with Crippen molar-refractivity contribution in [3.05, 3.63) is 38.4 Å². The molecule has 9 nitrogen and oxygen atoms in total. The van der Waals surface area contributed by atoms with Gasteiger partial charge in [0, 0.05) is 19.2 Å². The molecule has 0 amide bonds. The van der Waals surface area contributed by atoms with Crippen LogP contribution in [0.5, 0.6) is 0 Å². The molecule has 1 fully saturated rings. The number of hydrogen-bond donors (Lipinski definition) is 0. The zero-order valence-electron chi connectivity index (χ0n) is 8.85. The summed E-state index contributed by atoms with van der Waals surface area (Å²) in [5.74, 6) is 0. The zero-order valence-corrected chi connectivity index (χ0v) is 9.66. The highest BCUT2D eigenvalue weighted by atomic mass is 32.2. The Morgan fingerprint density at radius 3 is 2.17 bits per heavy atom. The average molecular weight is 273 g/mol. The van der Waals surface area contributed by atoms with Gasteiger partial charge in [-0.15, -0.1) is 0 Å². The number of nitrogens with zero attached hydrogens (tertiary/aromatic N) is 3. The molecule has 0 aromatic heterocycles. The third-order valence-corrected chi connectivity index (χ3v) is 4.32. The molecule has 18 heavy (non-hydrogen) atoms. The Bertz CT molecular complexity index is 636. The second-order valence-electron chi connectivity index (χ2n) is 3.57. The number of sulfonamides is 1. The minimum Gasteiger partial charge on any atom is -0.258 e. The van der Waals surface area contributed by atoms with Gasteiger partial charge in [0.15, 0.2) is 4.90 Å². The lowest BCUT2D eigenvalue weighted by atomic mass is 10.3. The zero-order chi connectivity index (χ0) is 13.5. The van der Waals surface area contributed by atoms with Gasteiger partial charge in [0.1, 0.15) is 0 Å². The summed E-state index contributed by atoms with van der Waals surface area (Å²) < 4.78 is 24.7. The highest BCUT2D eigenvalue weighted by Gasteiger charge is 2.38. The molecule has 0 atom stereocenters. The summed E-state index contributed by atoms with van der Waals surface area (Å²) in [5.41, 5.74) is -1.30. The van der Waals surface area contributed by atoms with Crippen molar-refractivity contribution >= 4 is 21.4 Å². The van der Waals surface area contributed by atoms with Gasteiger partial charge in [-0.1, -0.05) is 0 Å². The first-order valence-corrected chi connectivity index (χ1v) is 6.21. The lowest BCUT2D eigenvalue weighted by Gasteiger charge is -2.04. The van der Waals surface area contributed by atoms with E-state index in [0.717, 1.165) is 16.4 Å². The number of nitro groups is 2. The molecule has 1 aliphatic rings. The summed E-state index contributed by atoms with van der Waals surface area (Å²) in [6.45, 7) is 0.604. The molecule has 0 saturated carbocycles. The lowest BCUT2D eigenvalue weighted by molar-refractivity contribution is -0.396. The standard InChI is InChI=1S/C8H7N3O6S/c12-10(13)6-1-2-8(7(5-6)11(14)15)18(16,17)9-3-4-9/h1-2,5H,3-4H2. The van der Waals surface area contributed by atoms with Gasteiger partial charge in [0.25, 0.3) is 11.4 Å². The molecule has 0 radical (unpaired) electrons. The molecule has 1 aromatic carbocycles. The third kappa shape index (κ3) is 2.02. The Morgan fingerprint density at radius 1 is 1.11 bits per heavy atom. The van der Waals surface area contributed by atoms with Crippen molar-refractivity contribution in [2.75, 3.05) is 13.1 Å². The second kappa shape index (κ2) is 3.99. The average Bonchev–Trinajstić information content (AvgIpc) is 3.11. The summed E-state index contributed by atoms with van der Waals surface area (Å²) in [4.78, 5) is 19.0. The fourth-order valence-electron chi connectivity index (χ4n) is 1.40. The molecule has 10 heteroatoms. The number of hydrogen-bond acceptors (Lipinski definition) is 6. The number of non-ortho nitro benzene ring substituents is 1. The Balaban J connectivity index is 2.61. The number of rotatable bonds is 4. The van der Waals surface area contributed by atoms with Crippen LogP contribution in [0.3, 0.4) is 0 Å². The first-order valence-electron chi connectivity index (χ1n) is 4.77. The smallest absolute Gasteiger partial charge is 0.258 e. The van der Waals surface area contributed by atoms with Crippen LogP contribution in [-0.2, 0) is 10.0 Å². The minimum atomic E-state index is -3.91. The fraction of sp³-hybridized carbons (Fsp3) is 0.250. The summed E-state index contributed by atoms with van der Waals surface area (Å²) in [5, 5.41) is 21.3. The van der Waals surface area contributed by atoms with Crippen molar-refractivity contribution in [1.29, 1.82) is 0 Å². The lowest BCUT2D eigenvalue weighted by Crippen LogP contribution is -2.13. The van der Waals surface area contributed by atoms with Crippen LogP contribution in [0.15, 0.2) is 23.1 Å². The first kappa shape index (κ1) is 12.4. The van der Waals surface area contributed by atoms with Crippen LogP contribution < -0.4 is 0 Å². The quantitative estimate of drug-likeness (QED) is 0.447. The molecule has 0 spiro atoms. The van der Waals surface area contributed by atoms with E-state index in [0.29, 0.717) is 19.2 Å². The van der Waals surface area contributed by atoms with Gasteiger partial charge in [-0.05, 0) is 6.07 Å². The van der Waals surface area contributed by atoms with E-state index in [9.17, 15) is 28.6 Å². The van der Waals surface area contributed by atoms with Crippen molar-refractivity contribution in [3.8, 4) is 0 Å². The van der Waals surface area contributed by atoms with Crippen LogP contribution in [0.25, 0.3) is 0 Å². The van der Waals surface area contributed by atoms with Crippen molar-refractivity contribution in [2.24, 2.45) is 0 Å². The highest BCUT2D eigenvalue weighted by molar-refractivity contribution is 7.89. The summed E-state index contributed by atoms with van der Waals surface area (Å²) in [6.07, 6.45) is 0. The maximum atomic E-state index is 11.9. The van der Waals surface area contributed by atoms with Gasteiger partial charge in [-0.2, -0.15) is 4.31 Å². The third-order valence-electron chi connectivity index (χ3n) is 2.37. The van der Waals surface area contributed by atoms with Crippen LogP contribution in [0, 0.1) is 20.2 Å². The molecule has 0 N–H and O–H groups in total. The predicted octanol–water partition coefficient (Wildman–Crippen LogP) is 0.507. The molecule has 1 aliphatic heterocycles. The second-order valence-corrected chi connectivity index (χ2v) is 5.48. The summed E-state index contributed by atoms with van der Waals surface area (Å²) >= 11 is 0. The van der Waals surface area contributed by atoms with E-state index in [-0.39, 0.29) is 0 Å². The summed E-state index contributed by atoms with van der Waals surface area (Å²) in [6, 6.07) is 2.48. The van der Waals surface area contributed by atoms with E-state index in [1.807, 2.05) is 0 Å². The number of benzene rings is 1. The van der Waals surface area contributed by atoms with Crippen molar-refractivity contribution in [1.82, 2.24) is 4.31 Å². The first-order chi connectivity index (χ1) is 8.34. The molecule has 0 bridgehead atoms. The highest BCUT2D eigenvalue weighted by Crippen LogP contribution is 2.32. The molecule has 0 unspecified atom stereocenters. The van der Waals surface area contributed by atoms with Gasteiger partial charge in [-0.3, -0.25) is 20.2 Å². The van der Waals surface area contributed by atoms with E-state index >= 15 is 0 Å². The van der Waals surface area contributed by atoms with Crippen LogP contribution in [-0.4, -0.2) is 35.7 Å². The molecule has 1 aromatic rings. The summed E-state index contributed by atoms with van der Waals surface area (Å²) in [7, 11) is -3.91. The van der Waals surface area contributed by atoms with Crippen molar-refractivity contribution in [2.45, 2.75) is 4.90 Å². The van der Waals surface area contributed by atoms with E-state index in [1.165, 1.54) is 0 Å². The van der Waals surface area contributed by atoms with Crippen molar-refractivity contribution in [3.63, 3.8) is 0 Å². The molecule has 96 valence electrons. The molecular formula is C8H7N3O6S. The molecular weight excluding hydrogens is 266 g/mol. The van der Waals surface area contributed by atoms with Gasteiger partial charge < -0.3 is 0 Å². The Labute approximate surface area is 101 Å². The van der Waals surface area contributed by atoms with Gasteiger partial charge in [0.05, 0.1) is 15.9 Å². The molecule has 1 saturated heterocycles. The Morgan fingerprint density at radius 2 is 1.72 bits per heavy atom. The largest absolute Gasteiger partial charge is 0.296 e. The van der Waals surface area contributed by atoms with Gasteiger partial charge >= 0.3 is 0 Å². The molecule has 0 aliphatic carbocycles. The minimum absolute atomic E-state index is 0.302. The Hall–Kier alpha value is -2.07. The van der Waals surface area contributed by atoms with E-state index < -0.39 is 36.1 Å². The molecule has 1 heterocycles.